The Morgan fingerprint density at radius 3 is 2.33 bits per heavy atom. The van der Waals surface area contributed by atoms with E-state index in [1.165, 1.54) is 24.3 Å². The summed E-state index contributed by atoms with van der Waals surface area (Å²) in [6.45, 7) is 0. The van der Waals surface area contributed by atoms with E-state index in [1.54, 1.807) is 12.1 Å². The van der Waals surface area contributed by atoms with E-state index in [0.717, 1.165) is 27.9 Å². The number of nitrogen functional groups attached to an aromatic ring is 1. The second-order valence-corrected chi connectivity index (χ2v) is 8.46. The molecule has 0 amide bonds. The maximum absolute atomic E-state index is 11.9. The normalized spacial score (nSPS) is 11.3. The summed E-state index contributed by atoms with van der Waals surface area (Å²) >= 11 is 0. The fourth-order valence-electron chi connectivity index (χ4n) is 4.20. The third-order valence-corrected chi connectivity index (χ3v) is 5.95. The lowest BCUT2D eigenvalue weighted by molar-refractivity contribution is -0.310. The number of fused-ring (bicyclic) bond motifs is 3. The van der Waals surface area contributed by atoms with E-state index in [-0.39, 0.29) is 40.1 Å². The van der Waals surface area contributed by atoms with Crippen molar-refractivity contribution in [3.05, 3.63) is 89.1 Å². The number of rotatable bonds is 3. The van der Waals surface area contributed by atoms with Crippen molar-refractivity contribution in [2.75, 3.05) is 5.73 Å². The number of hydrogen-bond acceptors (Lipinski definition) is 7. The molecule has 1 aromatic heterocycles. The van der Waals surface area contributed by atoms with E-state index in [4.69, 9.17) is 14.9 Å². The van der Waals surface area contributed by atoms with Crippen LogP contribution in [0.1, 0.15) is 0 Å². The first-order chi connectivity index (χ1) is 17.3. The zero-order chi connectivity index (χ0) is 25.0. The molecule has 3 aromatic carbocycles. The van der Waals surface area contributed by atoms with Crippen LogP contribution in [0.15, 0.2) is 88.1 Å². The minimum atomic E-state index is -0.421. The SMILES string of the molecule is Nc1ccc2cc3ccc(Oc4cc5c(O)cc(=O)cc-5oc4-c4ccc(O)c(O)c4)cc3[nH+]c2c1. The van der Waals surface area contributed by atoms with Gasteiger partial charge in [0.05, 0.1) is 11.6 Å². The molecular weight excluding hydrogens is 460 g/mol. The average molecular weight is 479 g/mol. The number of benzene rings is 4. The van der Waals surface area contributed by atoms with Crippen molar-refractivity contribution in [2.45, 2.75) is 0 Å². The summed E-state index contributed by atoms with van der Waals surface area (Å²) in [7, 11) is 0. The first kappa shape index (κ1) is 21.3. The summed E-state index contributed by atoms with van der Waals surface area (Å²) in [6, 6.07) is 21.3. The lowest BCUT2D eigenvalue weighted by atomic mass is 10.1. The number of nitrogens with one attached hydrogen (secondary N) is 1. The fourth-order valence-corrected chi connectivity index (χ4v) is 4.20. The van der Waals surface area contributed by atoms with Gasteiger partial charge < -0.3 is 30.2 Å². The molecule has 0 saturated heterocycles. The zero-order valence-corrected chi connectivity index (χ0v) is 18.6. The van der Waals surface area contributed by atoms with Crippen molar-refractivity contribution in [1.29, 1.82) is 0 Å². The molecule has 2 aliphatic rings. The predicted molar refractivity (Wildman–Crippen MR) is 135 cm³/mol. The number of ether oxygens (including phenoxy) is 1. The Bertz CT molecular complexity index is 1840. The summed E-state index contributed by atoms with van der Waals surface area (Å²) < 4.78 is 12.2. The topological polar surface area (TPSA) is 140 Å². The van der Waals surface area contributed by atoms with Gasteiger partial charge in [0.15, 0.2) is 28.4 Å². The van der Waals surface area contributed by atoms with Crippen LogP contribution in [0, 0.1) is 0 Å². The molecule has 6 rings (SSSR count). The Balaban J connectivity index is 1.52. The molecule has 6 N–H and O–H groups in total. The van der Waals surface area contributed by atoms with E-state index in [1.807, 2.05) is 36.4 Å². The standard InChI is InChI=1S/C28H18N2O6/c29-17-4-1-14-7-15-2-5-19(12-22(15)30-21(14)9-17)35-27-13-20-24(33)10-18(31)11-26(20)36-28(27)16-3-6-23(32)25(34)8-16/h1-13,32-34H,29H2/p+1. The van der Waals surface area contributed by atoms with Gasteiger partial charge in [0.1, 0.15) is 17.3 Å². The number of anilines is 1. The van der Waals surface area contributed by atoms with E-state index in [0.29, 0.717) is 17.0 Å². The molecule has 0 spiro atoms. The van der Waals surface area contributed by atoms with Crippen molar-refractivity contribution in [2.24, 2.45) is 0 Å². The number of aromatic hydroxyl groups is 3. The summed E-state index contributed by atoms with van der Waals surface area (Å²) in [5.74, 6) is 0.151. The molecule has 1 aliphatic carbocycles. The van der Waals surface area contributed by atoms with Crippen LogP contribution in [0.4, 0.5) is 5.69 Å². The number of aromatic amines is 1. The quantitative estimate of drug-likeness (QED) is 0.159. The van der Waals surface area contributed by atoms with Crippen molar-refractivity contribution < 1.29 is 29.5 Å². The minimum Gasteiger partial charge on any atom is -0.507 e. The second-order valence-electron chi connectivity index (χ2n) is 8.46. The lowest BCUT2D eigenvalue weighted by Gasteiger charge is -2.15. The number of aromatic nitrogens is 1. The van der Waals surface area contributed by atoms with Gasteiger partial charge in [-0.05, 0) is 54.6 Å². The summed E-state index contributed by atoms with van der Waals surface area (Å²) in [6.07, 6.45) is 0. The van der Waals surface area contributed by atoms with E-state index in [9.17, 15) is 20.1 Å². The van der Waals surface area contributed by atoms with Gasteiger partial charge in [-0.25, -0.2) is 4.98 Å². The molecule has 0 bridgehead atoms. The number of pyridine rings is 1. The van der Waals surface area contributed by atoms with Gasteiger partial charge in [-0.2, -0.15) is 0 Å². The third kappa shape index (κ3) is 3.67. The summed E-state index contributed by atoms with van der Waals surface area (Å²) in [5, 5.41) is 32.1. The number of H-pyrrole nitrogens is 1. The molecular formula is C28H19N2O6+. The fraction of sp³-hybridized carbons (Fsp3) is 0. The van der Waals surface area contributed by atoms with E-state index >= 15 is 0 Å². The van der Waals surface area contributed by atoms with Crippen LogP contribution in [-0.2, 0) is 0 Å². The number of nitrogens with two attached hydrogens (primary N) is 1. The molecule has 0 unspecified atom stereocenters. The van der Waals surface area contributed by atoms with Crippen LogP contribution in [0.5, 0.6) is 28.7 Å². The maximum atomic E-state index is 11.9. The van der Waals surface area contributed by atoms with Crippen LogP contribution in [-0.4, -0.2) is 15.3 Å². The highest BCUT2D eigenvalue weighted by Crippen LogP contribution is 2.43. The molecule has 1 aliphatic heterocycles. The Morgan fingerprint density at radius 2 is 1.53 bits per heavy atom. The lowest BCUT2D eigenvalue weighted by Crippen LogP contribution is -2.06. The van der Waals surface area contributed by atoms with Gasteiger partial charge in [-0.15, -0.1) is 0 Å². The molecule has 2 heterocycles. The Kier molecular flexibility index (Phi) is 4.69. The average Bonchev–Trinajstić information content (AvgIpc) is 2.84. The molecule has 8 heteroatoms. The first-order valence-corrected chi connectivity index (χ1v) is 11.0. The van der Waals surface area contributed by atoms with Gasteiger partial charge >= 0.3 is 0 Å². The second kappa shape index (κ2) is 7.92. The Morgan fingerprint density at radius 1 is 0.750 bits per heavy atom. The third-order valence-electron chi connectivity index (χ3n) is 5.95. The van der Waals surface area contributed by atoms with Crippen LogP contribution >= 0.6 is 0 Å². The highest BCUT2D eigenvalue weighted by molar-refractivity contribution is 5.90. The molecule has 0 saturated carbocycles. The molecule has 8 nitrogen and oxygen atoms in total. The smallest absolute Gasteiger partial charge is 0.215 e. The van der Waals surface area contributed by atoms with Crippen LogP contribution in [0.3, 0.4) is 0 Å². The molecule has 0 radical (unpaired) electrons. The maximum Gasteiger partial charge on any atom is 0.215 e. The minimum absolute atomic E-state index is 0.144. The van der Waals surface area contributed by atoms with E-state index in [2.05, 4.69) is 4.98 Å². The molecule has 4 aromatic rings. The van der Waals surface area contributed by atoms with Crippen LogP contribution in [0.2, 0.25) is 0 Å². The van der Waals surface area contributed by atoms with Gasteiger partial charge in [0.25, 0.3) is 0 Å². The van der Waals surface area contributed by atoms with Gasteiger partial charge in [-0.3, -0.25) is 4.79 Å². The number of phenolic OH excluding ortho intramolecular Hbond substituents is 3. The molecule has 36 heavy (non-hydrogen) atoms. The predicted octanol–water partition coefficient (Wildman–Crippen LogP) is 5.02. The van der Waals surface area contributed by atoms with Gasteiger partial charge in [-0.1, -0.05) is 0 Å². The molecule has 176 valence electrons. The highest BCUT2D eigenvalue weighted by Gasteiger charge is 2.21. The molecule has 0 fully saturated rings. The van der Waals surface area contributed by atoms with Crippen LogP contribution < -0.4 is 20.9 Å². The largest absolute Gasteiger partial charge is 0.507 e. The first-order valence-electron chi connectivity index (χ1n) is 11.0. The van der Waals surface area contributed by atoms with Crippen molar-refractivity contribution in [1.82, 2.24) is 0 Å². The van der Waals surface area contributed by atoms with Crippen molar-refractivity contribution >= 4 is 27.5 Å². The number of phenols is 3. The molecule has 0 atom stereocenters. The Labute approximate surface area is 203 Å². The summed E-state index contributed by atoms with van der Waals surface area (Å²) in [4.78, 5) is 15.3. The van der Waals surface area contributed by atoms with Crippen molar-refractivity contribution in [3.63, 3.8) is 0 Å². The zero-order valence-electron chi connectivity index (χ0n) is 18.6. The van der Waals surface area contributed by atoms with E-state index < -0.39 is 5.43 Å². The van der Waals surface area contributed by atoms with Crippen molar-refractivity contribution in [3.8, 4) is 51.4 Å². The number of hydrogen-bond donors (Lipinski definition) is 4. The van der Waals surface area contributed by atoms with Gasteiger partial charge in [0.2, 0.25) is 11.0 Å². The highest BCUT2D eigenvalue weighted by atomic mass is 16.5. The van der Waals surface area contributed by atoms with Gasteiger partial charge in [0, 0.05) is 40.2 Å². The van der Waals surface area contributed by atoms with Crippen LogP contribution in [0.25, 0.3) is 44.5 Å². The Hall–Kier alpha value is -5.24. The summed E-state index contributed by atoms with van der Waals surface area (Å²) in [5.41, 5.74) is 8.52. The monoisotopic (exact) mass is 479 g/mol.